The van der Waals surface area contributed by atoms with Gasteiger partial charge in [0.25, 0.3) is 0 Å². The van der Waals surface area contributed by atoms with Crippen molar-refractivity contribution in [1.29, 1.82) is 0 Å². The van der Waals surface area contributed by atoms with Crippen LogP contribution in [0.1, 0.15) is 43.2 Å². The van der Waals surface area contributed by atoms with E-state index >= 15 is 0 Å². The molecular formula is C17H26N2O3. The predicted octanol–water partition coefficient (Wildman–Crippen LogP) is 3.14. The number of carbonyl (C=O) groups is 1. The highest BCUT2D eigenvalue weighted by Gasteiger charge is 2.16. The smallest absolute Gasteiger partial charge is 0.315 e. The Labute approximate surface area is 132 Å². The zero-order valence-electron chi connectivity index (χ0n) is 13.7. The Hall–Kier alpha value is -1.91. The van der Waals surface area contributed by atoms with Crippen molar-refractivity contribution in [3.8, 4) is 11.5 Å². The third kappa shape index (κ3) is 4.29. The number of amides is 2. The Kier molecular flexibility index (Phi) is 5.92. The number of nitrogens with one attached hydrogen (secondary N) is 2. The fraction of sp³-hybridized carbons (Fsp3) is 0.588. The Morgan fingerprint density at radius 3 is 2.41 bits per heavy atom. The molecule has 1 aromatic rings. The molecular weight excluding hydrogens is 280 g/mol. The third-order valence-electron chi connectivity index (χ3n) is 4.22. The predicted molar refractivity (Wildman–Crippen MR) is 86.5 cm³/mol. The zero-order chi connectivity index (χ0) is 15.9. The summed E-state index contributed by atoms with van der Waals surface area (Å²) >= 11 is 0. The summed E-state index contributed by atoms with van der Waals surface area (Å²) in [6, 6.07) is 4.06. The molecule has 2 rings (SSSR count). The molecule has 5 nitrogen and oxygen atoms in total. The third-order valence-corrected chi connectivity index (χ3v) is 4.22. The quantitative estimate of drug-likeness (QED) is 0.878. The van der Waals surface area contributed by atoms with Crippen LogP contribution in [0, 0.1) is 6.92 Å². The summed E-state index contributed by atoms with van der Waals surface area (Å²) in [5.74, 6) is 1.38. The number of ether oxygens (including phenoxy) is 2. The summed E-state index contributed by atoms with van der Waals surface area (Å²) in [6.07, 6.45) is 5.87. The fourth-order valence-corrected chi connectivity index (χ4v) is 2.87. The van der Waals surface area contributed by atoms with Crippen LogP contribution >= 0.6 is 0 Å². The van der Waals surface area contributed by atoms with E-state index < -0.39 is 0 Å². The van der Waals surface area contributed by atoms with E-state index in [9.17, 15) is 4.79 Å². The van der Waals surface area contributed by atoms with E-state index in [0.717, 1.165) is 24.0 Å². The maximum absolute atomic E-state index is 12.0. The van der Waals surface area contributed by atoms with E-state index in [0.29, 0.717) is 24.1 Å². The molecule has 1 saturated carbocycles. The van der Waals surface area contributed by atoms with E-state index in [1.807, 2.05) is 19.1 Å². The molecule has 0 bridgehead atoms. The number of urea groups is 1. The van der Waals surface area contributed by atoms with E-state index in [2.05, 4.69) is 10.6 Å². The molecule has 5 heteroatoms. The first-order valence-corrected chi connectivity index (χ1v) is 7.90. The summed E-state index contributed by atoms with van der Waals surface area (Å²) < 4.78 is 10.6. The van der Waals surface area contributed by atoms with Crippen molar-refractivity contribution in [1.82, 2.24) is 10.6 Å². The Morgan fingerprint density at radius 1 is 1.14 bits per heavy atom. The van der Waals surface area contributed by atoms with E-state index in [1.165, 1.54) is 19.3 Å². The second kappa shape index (κ2) is 7.92. The average molecular weight is 306 g/mol. The molecule has 1 aliphatic rings. The largest absolute Gasteiger partial charge is 0.493 e. The van der Waals surface area contributed by atoms with Gasteiger partial charge in [-0.25, -0.2) is 4.79 Å². The maximum atomic E-state index is 12.0. The zero-order valence-corrected chi connectivity index (χ0v) is 13.7. The topological polar surface area (TPSA) is 59.6 Å². The van der Waals surface area contributed by atoms with Crippen molar-refractivity contribution >= 4 is 6.03 Å². The number of hydrogen-bond acceptors (Lipinski definition) is 3. The van der Waals surface area contributed by atoms with Gasteiger partial charge in [-0.1, -0.05) is 19.3 Å². The van der Waals surface area contributed by atoms with Crippen LogP contribution < -0.4 is 20.1 Å². The van der Waals surface area contributed by atoms with Crippen molar-refractivity contribution in [2.75, 3.05) is 14.2 Å². The molecule has 1 aliphatic carbocycles. The summed E-state index contributed by atoms with van der Waals surface area (Å²) in [5.41, 5.74) is 2.09. The second-order valence-corrected chi connectivity index (χ2v) is 5.80. The first kappa shape index (κ1) is 16.5. The lowest BCUT2D eigenvalue weighted by Crippen LogP contribution is -2.42. The molecule has 2 amide bonds. The summed E-state index contributed by atoms with van der Waals surface area (Å²) in [5, 5.41) is 5.98. The van der Waals surface area contributed by atoms with Gasteiger partial charge in [-0.2, -0.15) is 0 Å². The highest BCUT2D eigenvalue weighted by Crippen LogP contribution is 2.30. The fourth-order valence-electron chi connectivity index (χ4n) is 2.87. The summed E-state index contributed by atoms with van der Waals surface area (Å²) in [4.78, 5) is 12.0. The maximum Gasteiger partial charge on any atom is 0.315 e. The second-order valence-electron chi connectivity index (χ2n) is 5.80. The standard InChI is InChI=1S/C17H26N2O3/c1-12-9-15(21-2)16(22-3)10-13(12)11-18-17(20)19-14-7-5-4-6-8-14/h9-10,14H,4-8,11H2,1-3H3,(H2,18,19,20). The van der Waals surface area contributed by atoms with Gasteiger partial charge in [0.05, 0.1) is 14.2 Å². The van der Waals surface area contributed by atoms with Crippen molar-refractivity contribution in [2.24, 2.45) is 0 Å². The Morgan fingerprint density at radius 2 is 1.77 bits per heavy atom. The van der Waals surface area contributed by atoms with Crippen LogP contribution in [-0.4, -0.2) is 26.3 Å². The molecule has 0 aliphatic heterocycles. The number of carbonyl (C=O) groups excluding carboxylic acids is 1. The highest BCUT2D eigenvalue weighted by atomic mass is 16.5. The van der Waals surface area contributed by atoms with Gasteiger partial charge in [-0.05, 0) is 43.0 Å². The number of hydrogen-bond donors (Lipinski definition) is 2. The molecule has 22 heavy (non-hydrogen) atoms. The van der Waals surface area contributed by atoms with Crippen LogP contribution in [0.3, 0.4) is 0 Å². The monoisotopic (exact) mass is 306 g/mol. The minimum absolute atomic E-state index is 0.0962. The van der Waals surface area contributed by atoms with Crippen molar-refractivity contribution in [2.45, 2.75) is 51.6 Å². The first-order valence-electron chi connectivity index (χ1n) is 7.90. The van der Waals surface area contributed by atoms with Crippen molar-refractivity contribution in [3.05, 3.63) is 23.3 Å². The van der Waals surface area contributed by atoms with E-state index in [-0.39, 0.29) is 6.03 Å². The minimum Gasteiger partial charge on any atom is -0.493 e. The molecule has 1 fully saturated rings. The lowest BCUT2D eigenvalue weighted by molar-refractivity contribution is 0.232. The molecule has 0 atom stereocenters. The van der Waals surface area contributed by atoms with Crippen LogP contribution in [-0.2, 0) is 6.54 Å². The minimum atomic E-state index is -0.0962. The molecule has 122 valence electrons. The van der Waals surface area contributed by atoms with Gasteiger partial charge in [0, 0.05) is 12.6 Å². The van der Waals surface area contributed by atoms with Crippen LogP contribution in [0.5, 0.6) is 11.5 Å². The first-order chi connectivity index (χ1) is 10.6. The van der Waals surface area contributed by atoms with Gasteiger partial charge in [-0.15, -0.1) is 0 Å². The average Bonchev–Trinajstić information content (AvgIpc) is 2.54. The van der Waals surface area contributed by atoms with Gasteiger partial charge < -0.3 is 20.1 Å². The SMILES string of the molecule is COc1cc(C)c(CNC(=O)NC2CCCCC2)cc1OC. The van der Waals surface area contributed by atoms with Crippen LogP contribution in [0.25, 0.3) is 0 Å². The number of rotatable bonds is 5. The molecule has 0 heterocycles. The van der Waals surface area contributed by atoms with E-state index in [1.54, 1.807) is 14.2 Å². The molecule has 0 saturated heterocycles. The van der Waals surface area contributed by atoms with Crippen LogP contribution in [0.4, 0.5) is 4.79 Å². The normalized spacial score (nSPS) is 15.2. The summed E-state index contributed by atoms with van der Waals surface area (Å²) in [7, 11) is 3.23. The van der Waals surface area contributed by atoms with E-state index in [4.69, 9.17) is 9.47 Å². The molecule has 0 radical (unpaired) electrons. The molecule has 2 N–H and O–H groups in total. The van der Waals surface area contributed by atoms with Gasteiger partial charge in [-0.3, -0.25) is 0 Å². The number of methoxy groups -OCH3 is 2. The summed E-state index contributed by atoms with van der Waals surface area (Å²) in [6.45, 7) is 2.47. The molecule has 1 aromatic carbocycles. The lowest BCUT2D eigenvalue weighted by atomic mass is 9.96. The lowest BCUT2D eigenvalue weighted by Gasteiger charge is -2.23. The van der Waals surface area contributed by atoms with Gasteiger partial charge in [0.2, 0.25) is 0 Å². The van der Waals surface area contributed by atoms with Crippen LogP contribution in [0.15, 0.2) is 12.1 Å². The highest BCUT2D eigenvalue weighted by molar-refractivity contribution is 5.74. The van der Waals surface area contributed by atoms with Crippen LogP contribution in [0.2, 0.25) is 0 Å². The van der Waals surface area contributed by atoms with Gasteiger partial charge in [0.15, 0.2) is 11.5 Å². The Balaban J connectivity index is 1.91. The van der Waals surface area contributed by atoms with Crippen molar-refractivity contribution < 1.29 is 14.3 Å². The van der Waals surface area contributed by atoms with Crippen molar-refractivity contribution in [3.63, 3.8) is 0 Å². The Bertz CT molecular complexity index is 511. The van der Waals surface area contributed by atoms with Gasteiger partial charge in [0.1, 0.15) is 0 Å². The molecule has 0 aromatic heterocycles. The number of aryl methyl sites for hydroxylation is 1. The number of benzene rings is 1. The molecule has 0 spiro atoms. The van der Waals surface area contributed by atoms with Gasteiger partial charge >= 0.3 is 6.03 Å². The molecule has 0 unspecified atom stereocenters.